The quantitative estimate of drug-likeness (QED) is 0.382. The van der Waals surface area contributed by atoms with Gasteiger partial charge in [0.25, 0.3) is 0 Å². The third kappa shape index (κ3) is 4.77. The van der Waals surface area contributed by atoms with Crippen LogP contribution in [0.3, 0.4) is 0 Å². The Hall–Kier alpha value is -0.460. The van der Waals surface area contributed by atoms with Gasteiger partial charge in [0.15, 0.2) is 12.4 Å². The molecule has 0 atom stereocenters. The summed E-state index contributed by atoms with van der Waals surface area (Å²) in [5.74, 6) is -0.0615. The highest BCUT2D eigenvalue weighted by atomic mass is 79.9. The van der Waals surface area contributed by atoms with E-state index in [2.05, 4.69) is 31.9 Å². The monoisotopic (exact) mass is 486 g/mol. The third-order valence-corrected chi connectivity index (χ3v) is 4.30. The first-order chi connectivity index (χ1) is 10.4. The molecule has 0 spiro atoms. The van der Waals surface area contributed by atoms with Gasteiger partial charge in [0.2, 0.25) is 0 Å². The molecule has 0 aromatic heterocycles. The maximum atomic E-state index is 11.8. The first kappa shape index (κ1) is 17.9. The van der Waals surface area contributed by atoms with Crippen LogP contribution in [-0.2, 0) is 4.79 Å². The van der Waals surface area contributed by atoms with E-state index in [1.165, 1.54) is 6.07 Å². The molecule has 0 fully saturated rings. The Kier molecular flexibility index (Phi) is 6.41. The predicted molar refractivity (Wildman–Crippen MR) is 94.4 cm³/mol. The largest absolute Gasteiger partial charge is 0.480 e. The third-order valence-electron chi connectivity index (χ3n) is 2.42. The van der Waals surface area contributed by atoms with Crippen LogP contribution in [0.4, 0.5) is 0 Å². The minimum absolute atomic E-state index is 0.182. The number of rotatable bonds is 4. The molecule has 0 N–H and O–H groups in total. The zero-order chi connectivity index (χ0) is 16.3. The van der Waals surface area contributed by atoms with Crippen molar-refractivity contribution >= 4 is 72.6 Å². The summed E-state index contributed by atoms with van der Waals surface area (Å²) in [5.41, 5.74) is 0. The Morgan fingerprint density at radius 3 is 2.41 bits per heavy atom. The molecule has 0 aliphatic heterocycles. The SMILES string of the molecule is O=C(COc1ccc(Br)cc1Cl)Oc1c(Cl)cc(Cl)cc1Br. The van der Waals surface area contributed by atoms with E-state index >= 15 is 0 Å². The lowest BCUT2D eigenvalue weighted by Crippen LogP contribution is -2.18. The molecule has 0 heterocycles. The summed E-state index contributed by atoms with van der Waals surface area (Å²) in [7, 11) is 0. The van der Waals surface area contributed by atoms with E-state index in [-0.39, 0.29) is 17.4 Å². The van der Waals surface area contributed by atoms with Crippen molar-refractivity contribution in [2.24, 2.45) is 0 Å². The number of benzene rings is 2. The van der Waals surface area contributed by atoms with Crippen molar-refractivity contribution in [2.45, 2.75) is 0 Å². The fourth-order valence-corrected chi connectivity index (χ4v) is 3.55. The molecule has 0 unspecified atom stereocenters. The molecule has 2 aromatic carbocycles. The van der Waals surface area contributed by atoms with Gasteiger partial charge < -0.3 is 9.47 Å². The molecular weight excluding hydrogens is 482 g/mol. The predicted octanol–water partition coefficient (Wildman–Crippen LogP) is 6.16. The van der Waals surface area contributed by atoms with Crippen LogP contribution in [0.1, 0.15) is 0 Å². The van der Waals surface area contributed by atoms with E-state index < -0.39 is 5.97 Å². The van der Waals surface area contributed by atoms with Crippen LogP contribution < -0.4 is 9.47 Å². The van der Waals surface area contributed by atoms with Gasteiger partial charge in [-0.2, -0.15) is 0 Å². The highest BCUT2D eigenvalue weighted by molar-refractivity contribution is 9.10. The van der Waals surface area contributed by atoms with Gasteiger partial charge in [-0.05, 0) is 46.3 Å². The number of halogens is 5. The van der Waals surface area contributed by atoms with Crippen LogP contribution in [0, 0.1) is 0 Å². The highest BCUT2D eigenvalue weighted by Crippen LogP contribution is 2.36. The maximum Gasteiger partial charge on any atom is 0.349 e. The first-order valence-corrected chi connectivity index (χ1v) is 8.52. The number of carbonyl (C=O) groups is 1. The van der Waals surface area contributed by atoms with Crippen LogP contribution in [0.15, 0.2) is 39.3 Å². The lowest BCUT2D eigenvalue weighted by Gasteiger charge is -2.10. The number of ether oxygens (including phenoxy) is 2. The Morgan fingerprint density at radius 1 is 1.05 bits per heavy atom. The van der Waals surface area contributed by atoms with Crippen LogP contribution in [0.5, 0.6) is 11.5 Å². The molecule has 0 amide bonds. The van der Waals surface area contributed by atoms with Gasteiger partial charge in [0.1, 0.15) is 5.75 Å². The van der Waals surface area contributed by atoms with E-state index in [1.54, 1.807) is 24.3 Å². The van der Waals surface area contributed by atoms with Gasteiger partial charge in [-0.3, -0.25) is 0 Å². The molecule has 0 saturated carbocycles. The van der Waals surface area contributed by atoms with Gasteiger partial charge in [0, 0.05) is 9.50 Å². The van der Waals surface area contributed by atoms with Crippen LogP contribution in [-0.4, -0.2) is 12.6 Å². The van der Waals surface area contributed by atoms with Gasteiger partial charge in [-0.15, -0.1) is 0 Å². The number of esters is 1. The van der Waals surface area contributed by atoms with Crippen LogP contribution >= 0.6 is 66.7 Å². The zero-order valence-electron chi connectivity index (χ0n) is 10.7. The van der Waals surface area contributed by atoms with Gasteiger partial charge in [-0.1, -0.05) is 50.7 Å². The normalized spacial score (nSPS) is 10.4. The molecule has 0 aliphatic carbocycles. The van der Waals surface area contributed by atoms with Crippen molar-refractivity contribution < 1.29 is 14.3 Å². The van der Waals surface area contributed by atoms with Gasteiger partial charge in [-0.25, -0.2) is 4.79 Å². The average Bonchev–Trinajstić information content (AvgIpc) is 2.42. The van der Waals surface area contributed by atoms with Crippen molar-refractivity contribution in [3.63, 3.8) is 0 Å². The molecular formula is C14H7Br2Cl3O3. The van der Waals surface area contributed by atoms with Crippen molar-refractivity contribution in [3.8, 4) is 11.5 Å². The zero-order valence-corrected chi connectivity index (χ0v) is 16.1. The summed E-state index contributed by atoms with van der Waals surface area (Å²) in [4.78, 5) is 11.8. The lowest BCUT2D eigenvalue weighted by molar-refractivity contribution is -0.136. The number of carbonyl (C=O) groups excluding carboxylic acids is 1. The van der Waals surface area contributed by atoms with E-state index in [1.807, 2.05) is 0 Å². The average molecular weight is 489 g/mol. The molecule has 0 saturated heterocycles. The summed E-state index contributed by atoms with van der Waals surface area (Å²) >= 11 is 24.3. The molecule has 3 nitrogen and oxygen atoms in total. The van der Waals surface area contributed by atoms with Crippen molar-refractivity contribution in [1.29, 1.82) is 0 Å². The fourth-order valence-electron chi connectivity index (χ4n) is 1.50. The second-order valence-corrected chi connectivity index (χ2v) is 7.06. The minimum atomic E-state index is -0.621. The minimum Gasteiger partial charge on any atom is -0.480 e. The number of hydrogen-bond donors (Lipinski definition) is 0. The fraction of sp³-hybridized carbons (Fsp3) is 0.0714. The van der Waals surface area contributed by atoms with Crippen molar-refractivity contribution in [2.75, 3.05) is 6.61 Å². The van der Waals surface area contributed by atoms with E-state index in [4.69, 9.17) is 44.3 Å². The Labute approximate surface area is 158 Å². The Bertz CT molecular complexity index is 699. The second kappa shape index (κ2) is 7.88. The van der Waals surface area contributed by atoms with E-state index in [0.717, 1.165) is 4.47 Å². The van der Waals surface area contributed by atoms with Gasteiger partial charge in [0.05, 0.1) is 14.5 Å². The summed E-state index contributed by atoms with van der Waals surface area (Å²) in [6, 6.07) is 8.10. The van der Waals surface area contributed by atoms with Crippen molar-refractivity contribution in [3.05, 3.63) is 54.3 Å². The summed E-state index contributed by atoms with van der Waals surface area (Å²) < 4.78 is 11.8. The van der Waals surface area contributed by atoms with E-state index in [0.29, 0.717) is 20.3 Å². The molecule has 2 aromatic rings. The molecule has 116 valence electrons. The van der Waals surface area contributed by atoms with Crippen LogP contribution in [0.25, 0.3) is 0 Å². The molecule has 2 rings (SSSR count). The Balaban J connectivity index is 2.02. The molecule has 0 bridgehead atoms. The smallest absolute Gasteiger partial charge is 0.349 e. The molecule has 22 heavy (non-hydrogen) atoms. The number of hydrogen-bond acceptors (Lipinski definition) is 3. The summed E-state index contributed by atoms with van der Waals surface area (Å²) in [6.45, 7) is -0.313. The standard InChI is InChI=1S/C14H7Br2Cl3O3/c15-7-1-2-12(10(18)3-7)21-6-13(20)22-14-9(16)4-8(17)5-11(14)19/h1-5H,6H2. The maximum absolute atomic E-state index is 11.8. The summed E-state index contributed by atoms with van der Waals surface area (Å²) in [5, 5.41) is 1.02. The second-order valence-electron chi connectivity index (χ2n) is 4.04. The first-order valence-electron chi connectivity index (χ1n) is 5.80. The Morgan fingerprint density at radius 2 is 1.77 bits per heavy atom. The lowest BCUT2D eigenvalue weighted by atomic mass is 10.3. The van der Waals surface area contributed by atoms with Crippen LogP contribution in [0.2, 0.25) is 15.1 Å². The molecule has 8 heteroatoms. The molecule has 0 radical (unpaired) electrons. The molecule has 0 aliphatic rings. The summed E-state index contributed by atoms with van der Waals surface area (Å²) in [6.07, 6.45) is 0. The van der Waals surface area contributed by atoms with Gasteiger partial charge >= 0.3 is 5.97 Å². The van der Waals surface area contributed by atoms with Crippen molar-refractivity contribution in [1.82, 2.24) is 0 Å². The topological polar surface area (TPSA) is 35.5 Å². The highest BCUT2D eigenvalue weighted by Gasteiger charge is 2.14. The van der Waals surface area contributed by atoms with E-state index in [9.17, 15) is 4.79 Å².